The van der Waals surface area contributed by atoms with Crippen LogP contribution in [0.15, 0.2) is 0 Å². The number of likely N-dealkylation sites (N-methyl/N-ethyl adjacent to an activating group) is 1. The van der Waals surface area contributed by atoms with E-state index in [1.54, 1.807) is 0 Å². The molecule has 1 N–H and O–H groups in total. The number of hydrogen-bond donors (Lipinski definition) is 1. The van der Waals surface area contributed by atoms with Crippen LogP contribution < -0.4 is 5.32 Å². The molecule has 0 aliphatic heterocycles. The number of esters is 1. The van der Waals surface area contributed by atoms with E-state index in [4.69, 9.17) is 9.47 Å². The lowest BCUT2D eigenvalue weighted by molar-refractivity contribution is -0.152. The molecule has 0 aromatic carbocycles. The maximum atomic E-state index is 12.0. The third-order valence-corrected chi connectivity index (χ3v) is 3.99. The van der Waals surface area contributed by atoms with Gasteiger partial charge in [0, 0.05) is 6.61 Å². The van der Waals surface area contributed by atoms with Crippen molar-refractivity contribution in [3.8, 4) is 0 Å². The third kappa shape index (κ3) is 4.77. The Morgan fingerprint density at radius 1 is 1.26 bits per heavy atom. The zero-order chi connectivity index (χ0) is 14.1. The highest BCUT2D eigenvalue weighted by atomic mass is 16.5. The molecule has 1 saturated carbocycles. The van der Waals surface area contributed by atoms with E-state index < -0.39 is 5.54 Å². The molecular weight excluding hydrogens is 242 g/mol. The molecule has 112 valence electrons. The minimum atomic E-state index is -0.627. The molecule has 1 fully saturated rings. The molecule has 4 nitrogen and oxygen atoms in total. The van der Waals surface area contributed by atoms with Crippen LogP contribution >= 0.6 is 0 Å². The van der Waals surface area contributed by atoms with Crippen LogP contribution in [0, 0.1) is 5.92 Å². The van der Waals surface area contributed by atoms with Crippen molar-refractivity contribution < 1.29 is 14.3 Å². The first-order valence-corrected chi connectivity index (χ1v) is 7.56. The van der Waals surface area contributed by atoms with Crippen LogP contribution in [0.3, 0.4) is 0 Å². The van der Waals surface area contributed by atoms with E-state index in [-0.39, 0.29) is 5.97 Å². The fourth-order valence-electron chi connectivity index (χ4n) is 2.52. The highest BCUT2D eigenvalue weighted by molar-refractivity contribution is 5.82. The van der Waals surface area contributed by atoms with Crippen molar-refractivity contribution in [1.82, 2.24) is 5.32 Å². The molecule has 4 heteroatoms. The fourth-order valence-corrected chi connectivity index (χ4v) is 2.52. The van der Waals surface area contributed by atoms with Crippen molar-refractivity contribution in [2.24, 2.45) is 5.92 Å². The SMILES string of the molecule is CCCCCCCOCC(NC)(C(=O)OC)C1CC1. The van der Waals surface area contributed by atoms with E-state index in [1.807, 2.05) is 7.05 Å². The fraction of sp³-hybridized carbons (Fsp3) is 0.933. The topological polar surface area (TPSA) is 47.6 Å². The smallest absolute Gasteiger partial charge is 0.328 e. The number of carbonyl (C=O) groups excluding carboxylic acids is 1. The summed E-state index contributed by atoms with van der Waals surface area (Å²) in [4.78, 5) is 12.0. The lowest BCUT2D eigenvalue weighted by Gasteiger charge is -2.30. The number of hydrogen-bond acceptors (Lipinski definition) is 4. The van der Waals surface area contributed by atoms with Gasteiger partial charge in [0.25, 0.3) is 0 Å². The molecule has 0 bridgehead atoms. The van der Waals surface area contributed by atoms with Crippen LogP contribution in [0.2, 0.25) is 0 Å². The van der Waals surface area contributed by atoms with E-state index in [1.165, 1.54) is 32.8 Å². The molecule has 0 spiro atoms. The van der Waals surface area contributed by atoms with Crippen molar-refractivity contribution in [3.05, 3.63) is 0 Å². The zero-order valence-electron chi connectivity index (χ0n) is 12.7. The molecule has 1 aliphatic rings. The molecule has 1 unspecified atom stereocenters. The van der Waals surface area contributed by atoms with E-state index in [0.29, 0.717) is 12.5 Å². The molecule has 0 amide bonds. The summed E-state index contributed by atoms with van der Waals surface area (Å²) in [6, 6.07) is 0. The normalized spacial score (nSPS) is 18.1. The largest absolute Gasteiger partial charge is 0.468 e. The van der Waals surface area contributed by atoms with Gasteiger partial charge < -0.3 is 14.8 Å². The van der Waals surface area contributed by atoms with Gasteiger partial charge in [0.2, 0.25) is 0 Å². The molecule has 0 saturated heterocycles. The van der Waals surface area contributed by atoms with Gasteiger partial charge in [-0.25, -0.2) is 4.79 Å². The molecular formula is C15H29NO3. The van der Waals surface area contributed by atoms with Crippen LogP contribution in [-0.2, 0) is 14.3 Å². The van der Waals surface area contributed by atoms with Gasteiger partial charge in [-0.05, 0) is 32.2 Å². The minimum absolute atomic E-state index is 0.191. The first-order valence-electron chi connectivity index (χ1n) is 7.56. The number of unbranched alkanes of at least 4 members (excludes halogenated alkanes) is 4. The van der Waals surface area contributed by atoms with Crippen LogP contribution in [0.5, 0.6) is 0 Å². The highest BCUT2D eigenvalue weighted by Gasteiger charge is 2.51. The third-order valence-electron chi connectivity index (χ3n) is 3.99. The van der Waals surface area contributed by atoms with Crippen LogP contribution in [0.1, 0.15) is 51.9 Å². The van der Waals surface area contributed by atoms with Crippen molar-refractivity contribution in [2.45, 2.75) is 57.4 Å². The summed E-state index contributed by atoms with van der Waals surface area (Å²) >= 11 is 0. The Balaban J connectivity index is 2.27. The first kappa shape index (κ1) is 16.4. The Kier molecular flexibility index (Phi) is 7.39. The quantitative estimate of drug-likeness (QED) is 0.463. The Morgan fingerprint density at radius 3 is 2.47 bits per heavy atom. The number of ether oxygens (including phenoxy) is 2. The molecule has 0 heterocycles. The molecule has 1 aliphatic carbocycles. The summed E-state index contributed by atoms with van der Waals surface area (Å²) in [5.41, 5.74) is -0.627. The summed E-state index contributed by atoms with van der Waals surface area (Å²) < 4.78 is 10.7. The summed E-state index contributed by atoms with van der Waals surface area (Å²) in [5, 5.41) is 3.14. The summed E-state index contributed by atoms with van der Waals surface area (Å²) in [7, 11) is 3.27. The number of nitrogens with one attached hydrogen (secondary N) is 1. The van der Waals surface area contributed by atoms with Gasteiger partial charge in [-0.2, -0.15) is 0 Å². The standard InChI is InChI=1S/C15H29NO3/c1-4-5-6-7-8-11-19-12-15(16-2,13-9-10-13)14(17)18-3/h13,16H,4-12H2,1-3H3. The van der Waals surface area contributed by atoms with Gasteiger partial charge in [-0.3, -0.25) is 0 Å². The number of rotatable bonds is 11. The monoisotopic (exact) mass is 271 g/mol. The number of methoxy groups -OCH3 is 1. The molecule has 1 rings (SSSR count). The van der Waals surface area contributed by atoms with Gasteiger partial charge in [0.05, 0.1) is 13.7 Å². The first-order chi connectivity index (χ1) is 9.21. The number of carbonyl (C=O) groups is 1. The van der Waals surface area contributed by atoms with Crippen LogP contribution in [0.4, 0.5) is 0 Å². The zero-order valence-corrected chi connectivity index (χ0v) is 12.7. The Bertz CT molecular complexity index is 266. The maximum Gasteiger partial charge on any atom is 0.328 e. The van der Waals surface area contributed by atoms with Crippen molar-refractivity contribution >= 4 is 5.97 Å². The molecule has 0 radical (unpaired) electrons. The highest BCUT2D eigenvalue weighted by Crippen LogP contribution is 2.40. The van der Waals surface area contributed by atoms with Gasteiger partial charge in [0.1, 0.15) is 5.54 Å². The van der Waals surface area contributed by atoms with Gasteiger partial charge >= 0.3 is 5.97 Å². The van der Waals surface area contributed by atoms with Crippen LogP contribution in [-0.4, -0.2) is 38.9 Å². The van der Waals surface area contributed by atoms with Crippen molar-refractivity contribution in [2.75, 3.05) is 27.4 Å². The lowest BCUT2D eigenvalue weighted by Crippen LogP contribution is -2.56. The second-order valence-electron chi connectivity index (χ2n) is 5.45. The summed E-state index contributed by atoms with van der Waals surface area (Å²) in [6.07, 6.45) is 8.27. The summed E-state index contributed by atoms with van der Waals surface area (Å²) in [6.45, 7) is 3.37. The minimum Gasteiger partial charge on any atom is -0.468 e. The average Bonchev–Trinajstić information content (AvgIpc) is 3.26. The van der Waals surface area contributed by atoms with E-state index in [2.05, 4.69) is 12.2 Å². The molecule has 0 aromatic rings. The second kappa shape index (κ2) is 8.54. The Labute approximate surface area is 117 Å². The Morgan fingerprint density at radius 2 is 1.95 bits per heavy atom. The predicted octanol–water partition coefficient (Wildman–Crippen LogP) is 2.51. The van der Waals surface area contributed by atoms with E-state index in [0.717, 1.165) is 25.9 Å². The lowest BCUT2D eigenvalue weighted by atomic mass is 9.94. The maximum absolute atomic E-state index is 12.0. The van der Waals surface area contributed by atoms with Gasteiger partial charge in [-0.15, -0.1) is 0 Å². The molecule has 19 heavy (non-hydrogen) atoms. The van der Waals surface area contributed by atoms with E-state index >= 15 is 0 Å². The summed E-state index contributed by atoms with van der Waals surface area (Å²) in [5.74, 6) is 0.175. The van der Waals surface area contributed by atoms with E-state index in [9.17, 15) is 4.79 Å². The van der Waals surface area contributed by atoms with Crippen molar-refractivity contribution in [3.63, 3.8) is 0 Å². The van der Waals surface area contributed by atoms with Gasteiger partial charge in [-0.1, -0.05) is 32.6 Å². The Hall–Kier alpha value is -0.610. The van der Waals surface area contributed by atoms with Gasteiger partial charge in [0.15, 0.2) is 0 Å². The van der Waals surface area contributed by atoms with Crippen molar-refractivity contribution in [1.29, 1.82) is 0 Å². The second-order valence-corrected chi connectivity index (χ2v) is 5.45. The molecule has 0 aromatic heterocycles. The predicted molar refractivity (Wildman–Crippen MR) is 76.1 cm³/mol. The average molecular weight is 271 g/mol. The molecule has 1 atom stereocenters. The van der Waals surface area contributed by atoms with Crippen LogP contribution in [0.25, 0.3) is 0 Å².